The van der Waals surface area contributed by atoms with Gasteiger partial charge in [-0.2, -0.15) is 9.78 Å². The van der Waals surface area contributed by atoms with Crippen molar-refractivity contribution in [2.75, 3.05) is 6.61 Å². The van der Waals surface area contributed by atoms with E-state index in [0.29, 0.717) is 27.6 Å². The Morgan fingerprint density at radius 3 is 2.65 bits per heavy atom. The summed E-state index contributed by atoms with van der Waals surface area (Å²) in [5, 5.41) is 15.2. The SMILES string of the molecule is Clc1ccc(-c2nnc3n2N=CC2=C(S3)c3cc(Cl)ccc3OC2)cc1. The molecule has 0 bridgehead atoms. The molecule has 0 radical (unpaired) electrons. The maximum Gasteiger partial charge on any atom is 0.217 e. The van der Waals surface area contributed by atoms with Crippen LogP contribution in [0.25, 0.3) is 16.3 Å². The zero-order valence-electron chi connectivity index (χ0n) is 13.2. The minimum atomic E-state index is 0.453. The Morgan fingerprint density at radius 2 is 1.81 bits per heavy atom. The molecule has 1 aromatic heterocycles. The van der Waals surface area contributed by atoms with Gasteiger partial charge in [0.25, 0.3) is 0 Å². The van der Waals surface area contributed by atoms with Gasteiger partial charge in [-0.3, -0.25) is 0 Å². The van der Waals surface area contributed by atoms with Gasteiger partial charge in [-0.25, -0.2) is 0 Å². The van der Waals surface area contributed by atoms with Crippen LogP contribution in [0, 0.1) is 0 Å². The summed E-state index contributed by atoms with van der Waals surface area (Å²) in [4.78, 5) is 1.03. The van der Waals surface area contributed by atoms with Crippen LogP contribution in [0.2, 0.25) is 10.0 Å². The van der Waals surface area contributed by atoms with Crippen LogP contribution in [0.5, 0.6) is 5.75 Å². The molecule has 5 nitrogen and oxygen atoms in total. The summed E-state index contributed by atoms with van der Waals surface area (Å²) in [5.74, 6) is 1.47. The highest BCUT2D eigenvalue weighted by Gasteiger charge is 2.26. The monoisotopic (exact) mass is 400 g/mol. The van der Waals surface area contributed by atoms with Crippen molar-refractivity contribution >= 4 is 46.1 Å². The molecule has 3 heterocycles. The molecule has 128 valence electrons. The summed E-state index contributed by atoms with van der Waals surface area (Å²) in [6, 6.07) is 13.0. The van der Waals surface area contributed by atoms with Gasteiger partial charge in [-0.15, -0.1) is 10.2 Å². The zero-order chi connectivity index (χ0) is 17.7. The van der Waals surface area contributed by atoms with E-state index in [4.69, 9.17) is 27.9 Å². The van der Waals surface area contributed by atoms with Gasteiger partial charge in [0.2, 0.25) is 5.16 Å². The fourth-order valence-electron chi connectivity index (χ4n) is 2.85. The van der Waals surface area contributed by atoms with Gasteiger partial charge in [0.05, 0.1) is 6.21 Å². The first-order valence-corrected chi connectivity index (χ1v) is 9.36. The van der Waals surface area contributed by atoms with E-state index in [1.165, 1.54) is 11.8 Å². The second kappa shape index (κ2) is 6.16. The lowest BCUT2D eigenvalue weighted by Crippen LogP contribution is -2.10. The molecule has 2 aliphatic rings. The summed E-state index contributed by atoms with van der Waals surface area (Å²) in [6.07, 6.45) is 1.80. The van der Waals surface area contributed by atoms with Crippen molar-refractivity contribution in [1.29, 1.82) is 0 Å². The zero-order valence-corrected chi connectivity index (χ0v) is 15.5. The van der Waals surface area contributed by atoms with Gasteiger partial charge in [0.1, 0.15) is 12.4 Å². The molecular weight excluding hydrogens is 391 g/mol. The summed E-state index contributed by atoms with van der Waals surface area (Å²) >= 11 is 13.7. The Morgan fingerprint density at radius 1 is 1.00 bits per heavy atom. The second-order valence-electron chi connectivity index (χ2n) is 5.76. The number of nitrogens with zero attached hydrogens (tertiary/aromatic N) is 4. The van der Waals surface area contributed by atoms with E-state index in [-0.39, 0.29) is 0 Å². The van der Waals surface area contributed by atoms with E-state index < -0.39 is 0 Å². The molecule has 0 amide bonds. The topological polar surface area (TPSA) is 52.3 Å². The van der Waals surface area contributed by atoms with Gasteiger partial charge in [-0.05, 0) is 54.2 Å². The van der Waals surface area contributed by atoms with Crippen LogP contribution in [-0.2, 0) is 0 Å². The molecule has 26 heavy (non-hydrogen) atoms. The van der Waals surface area contributed by atoms with Gasteiger partial charge in [0, 0.05) is 31.7 Å². The van der Waals surface area contributed by atoms with Gasteiger partial charge >= 0.3 is 0 Å². The van der Waals surface area contributed by atoms with Gasteiger partial charge in [0.15, 0.2) is 5.82 Å². The minimum absolute atomic E-state index is 0.453. The Balaban J connectivity index is 1.60. The Hall–Kier alpha value is -2.28. The van der Waals surface area contributed by atoms with Crippen LogP contribution in [0.15, 0.2) is 58.3 Å². The van der Waals surface area contributed by atoms with Crippen LogP contribution in [-0.4, -0.2) is 27.7 Å². The van der Waals surface area contributed by atoms with Crippen LogP contribution >= 0.6 is 35.0 Å². The lowest BCUT2D eigenvalue weighted by molar-refractivity contribution is 0.353. The molecule has 0 aliphatic carbocycles. The van der Waals surface area contributed by atoms with Crippen molar-refractivity contribution in [3.63, 3.8) is 0 Å². The highest BCUT2D eigenvalue weighted by atomic mass is 35.5. The fraction of sp³-hybridized carbons (Fsp3) is 0.0556. The van der Waals surface area contributed by atoms with E-state index in [0.717, 1.165) is 27.4 Å². The second-order valence-corrected chi connectivity index (χ2v) is 7.61. The van der Waals surface area contributed by atoms with Crippen molar-refractivity contribution < 1.29 is 4.74 Å². The average Bonchev–Trinajstić information content (AvgIpc) is 2.94. The largest absolute Gasteiger partial charge is 0.488 e. The first kappa shape index (κ1) is 15.9. The van der Waals surface area contributed by atoms with E-state index in [2.05, 4.69) is 15.3 Å². The van der Waals surface area contributed by atoms with Crippen molar-refractivity contribution in [2.24, 2.45) is 5.10 Å². The number of halogens is 2. The molecule has 0 atom stereocenters. The van der Waals surface area contributed by atoms with Crippen molar-refractivity contribution in [2.45, 2.75) is 5.16 Å². The third-order valence-corrected chi connectivity index (χ3v) is 5.71. The number of rotatable bonds is 1. The van der Waals surface area contributed by atoms with Crippen molar-refractivity contribution in [1.82, 2.24) is 14.9 Å². The standard InChI is InChI=1S/C18H10Cl2N4OS/c19-12-3-1-10(2-4-12)17-22-23-18-24(17)21-8-11-9-25-15-6-5-13(20)7-14(15)16(11)26-18/h1-8H,9H2. The minimum Gasteiger partial charge on any atom is -0.488 e. The summed E-state index contributed by atoms with van der Waals surface area (Å²) < 4.78 is 7.56. The Kier molecular flexibility index (Phi) is 3.77. The molecule has 0 fully saturated rings. The van der Waals surface area contributed by atoms with Gasteiger partial charge < -0.3 is 4.74 Å². The quantitative estimate of drug-likeness (QED) is 0.576. The molecule has 0 saturated carbocycles. The molecule has 0 unspecified atom stereocenters. The number of hydrogen-bond donors (Lipinski definition) is 0. The number of aromatic nitrogens is 3. The van der Waals surface area contributed by atoms with Crippen LogP contribution in [0.1, 0.15) is 5.56 Å². The van der Waals surface area contributed by atoms with Crippen molar-refractivity contribution in [3.8, 4) is 17.1 Å². The maximum absolute atomic E-state index is 6.18. The van der Waals surface area contributed by atoms with Gasteiger partial charge in [-0.1, -0.05) is 23.2 Å². The van der Waals surface area contributed by atoms with E-state index in [1.807, 2.05) is 42.5 Å². The number of thioether (sulfide) groups is 1. The highest BCUT2D eigenvalue weighted by molar-refractivity contribution is 8.08. The predicted molar refractivity (Wildman–Crippen MR) is 104 cm³/mol. The third kappa shape index (κ3) is 2.61. The normalized spacial score (nSPS) is 15.0. The van der Waals surface area contributed by atoms with Crippen LogP contribution < -0.4 is 4.74 Å². The summed E-state index contributed by atoms with van der Waals surface area (Å²) in [7, 11) is 0. The smallest absolute Gasteiger partial charge is 0.217 e. The van der Waals surface area contributed by atoms with Crippen LogP contribution in [0.3, 0.4) is 0 Å². The summed E-state index contributed by atoms with van der Waals surface area (Å²) in [6.45, 7) is 0.453. The molecule has 8 heteroatoms. The van der Waals surface area contributed by atoms with Crippen molar-refractivity contribution in [3.05, 3.63) is 63.6 Å². The number of benzene rings is 2. The fourth-order valence-corrected chi connectivity index (χ4v) is 4.14. The van der Waals surface area contributed by atoms with E-state index in [9.17, 15) is 0 Å². The van der Waals surface area contributed by atoms with E-state index in [1.54, 1.807) is 10.9 Å². The molecule has 2 aliphatic heterocycles. The number of fused-ring (bicyclic) bond motifs is 3. The average molecular weight is 401 g/mol. The molecule has 3 aromatic rings. The molecule has 5 rings (SSSR count). The Labute approximate surface area is 163 Å². The van der Waals surface area contributed by atoms with E-state index >= 15 is 0 Å². The molecular formula is C18H10Cl2N4OS. The highest BCUT2D eigenvalue weighted by Crippen LogP contribution is 2.45. The predicted octanol–water partition coefficient (Wildman–Crippen LogP) is 5.00. The molecule has 2 aromatic carbocycles. The number of ether oxygens (including phenoxy) is 1. The molecule has 0 spiro atoms. The third-order valence-electron chi connectivity index (χ3n) is 4.10. The maximum atomic E-state index is 6.18. The first-order chi connectivity index (χ1) is 12.7. The lowest BCUT2D eigenvalue weighted by atomic mass is 10.1. The molecule has 0 saturated heterocycles. The molecule has 0 N–H and O–H groups in total. The van der Waals surface area contributed by atoms with Crippen LogP contribution in [0.4, 0.5) is 0 Å². The summed E-state index contributed by atoms with van der Waals surface area (Å²) in [5.41, 5.74) is 2.82. The number of hydrogen-bond acceptors (Lipinski definition) is 5. The first-order valence-electron chi connectivity index (χ1n) is 7.78. The lowest BCUT2D eigenvalue weighted by Gasteiger charge is -2.20. The Bertz CT molecular complexity index is 1090.